The minimum absolute atomic E-state index is 0.0312. The SMILES string of the molecule is CCc1cc2c(cc1C(=O)N=C(N)N)S(=O)(=O)CC2O.CCc1cc2c(cc1C(=O)OC)S(=O)(=O)CC2O. The Morgan fingerprint density at radius 3 is 1.68 bits per heavy atom. The number of sulfone groups is 2. The van der Waals surface area contributed by atoms with Crippen molar-refractivity contribution >= 4 is 37.5 Å². The molecule has 0 saturated carbocycles. The van der Waals surface area contributed by atoms with Crippen LogP contribution in [0.5, 0.6) is 0 Å². The number of nitrogens with two attached hydrogens (primary N) is 2. The van der Waals surface area contributed by atoms with Crippen LogP contribution in [0.3, 0.4) is 0 Å². The number of fused-ring (bicyclic) bond motifs is 2. The van der Waals surface area contributed by atoms with Gasteiger partial charge in [-0.2, -0.15) is 4.99 Å². The molecule has 0 saturated heterocycles. The lowest BCUT2D eigenvalue weighted by atomic mass is 9.99. The lowest BCUT2D eigenvalue weighted by Crippen LogP contribution is -2.24. The highest BCUT2D eigenvalue weighted by Gasteiger charge is 2.36. The van der Waals surface area contributed by atoms with Gasteiger partial charge in [0.1, 0.15) is 0 Å². The highest BCUT2D eigenvalue weighted by atomic mass is 32.2. The number of guanidine groups is 1. The normalized spacial score (nSPS) is 19.9. The van der Waals surface area contributed by atoms with Gasteiger partial charge in [0.15, 0.2) is 25.6 Å². The molecular weight excluding hydrogens is 538 g/mol. The lowest BCUT2D eigenvalue weighted by molar-refractivity contribution is 0.0598. The number of aliphatic hydroxyl groups is 2. The molecule has 2 aliphatic rings. The molecule has 206 valence electrons. The highest BCUT2D eigenvalue weighted by Crippen LogP contribution is 2.36. The molecule has 0 aliphatic carbocycles. The number of rotatable bonds is 4. The summed E-state index contributed by atoms with van der Waals surface area (Å²) in [6, 6.07) is 5.66. The molecule has 0 aromatic heterocycles. The first-order chi connectivity index (χ1) is 17.7. The monoisotopic (exact) mass is 567 g/mol. The molecule has 2 atom stereocenters. The molecular formula is C24H29N3O9S2. The summed E-state index contributed by atoms with van der Waals surface area (Å²) in [6.45, 7) is 3.66. The van der Waals surface area contributed by atoms with Gasteiger partial charge in [0.2, 0.25) is 0 Å². The quantitative estimate of drug-likeness (QED) is 0.224. The molecule has 2 aliphatic heterocycles. The highest BCUT2D eigenvalue weighted by molar-refractivity contribution is 7.92. The minimum atomic E-state index is -3.58. The van der Waals surface area contributed by atoms with Crippen molar-refractivity contribution in [1.29, 1.82) is 0 Å². The maximum atomic E-state index is 11.9. The standard InChI is InChI=1S/C12H15N3O4S.C12H14O5S/c1-2-6-3-8-9(16)5-20(18,19)10(8)4-7(6)11(17)15-12(13)14;1-3-7-4-9-10(13)6-18(15,16)11(9)5-8(7)12(14)17-2/h3-4,9,16H,2,5H2,1H3,(H4,13,14,15,17);4-5,10,13H,3,6H2,1-2H3. The van der Waals surface area contributed by atoms with Gasteiger partial charge in [0.05, 0.1) is 46.2 Å². The van der Waals surface area contributed by atoms with Crippen LogP contribution >= 0.6 is 0 Å². The Hall–Kier alpha value is -3.33. The summed E-state index contributed by atoms with van der Waals surface area (Å²) in [4.78, 5) is 27.0. The second-order valence-electron chi connectivity index (χ2n) is 8.73. The van der Waals surface area contributed by atoms with E-state index < -0.39 is 43.8 Å². The molecule has 4 rings (SSSR count). The zero-order valence-corrected chi connectivity index (χ0v) is 22.6. The second-order valence-corrected chi connectivity index (χ2v) is 12.7. The number of amides is 1. The number of carbonyl (C=O) groups is 2. The van der Waals surface area contributed by atoms with Gasteiger partial charge in [0.25, 0.3) is 5.91 Å². The number of ether oxygens (including phenoxy) is 1. The molecule has 0 fully saturated rings. The van der Waals surface area contributed by atoms with Crippen LogP contribution in [-0.4, -0.2) is 63.5 Å². The van der Waals surface area contributed by atoms with E-state index in [0.29, 0.717) is 35.1 Å². The van der Waals surface area contributed by atoms with Crippen LogP contribution in [0.4, 0.5) is 0 Å². The van der Waals surface area contributed by atoms with Crippen LogP contribution in [0.25, 0.3) is 0 Å². The number of nitrogens with zero attached hydrogens (tertiary/aromatic N) is 1. The van der Waals surface area contributed by atoms with E-state index in [4.69, 9.17) is 11.5 Å². The maximum absolute atomic E-state index is 11.9. The molecule has 2 unspecified atom stereocenters. The molecule has 1 amide bonds. The molecule has 2 heterocycles. The summed E-state index contributed by atoms with van der Waals surface area (Å²) in [5.74, 6) is -2.34. The number of benzene rings is 2. The minimum Gasteiger partial charge on any atom is -0.465 e. The number of hydrogen-bond acceptors (Lipinski definition) is 9. The molecule has 12 nitrogen and oxygen atoms in total. The Kier molecular flexibility index (Phi) is 8.31. The van der Waals surface area contributed by atoms with Crippen LogP contribution in [0.1, 0.15) is 69.0 Å². The second kappa shape index (κ2) is 10.8. The number of methoxy groups -OCH3 is 1. The van der Waals surface area contributed by atoms with E-state index in [9.17, 15) is 36.6 Å². The van der Waals surface area contributed by atoms with E-state index in [1.165, 1.54) is 25.3 Å². The Labute approximate surface area is 220 Å². The Morgan fingerprint density at radius 2 is 1.29 bits per heavy atom. The zero-order valence-electron chi connectivity index (χ0n) is 21.0. The van der Waals surface area contributed by atoms with Crippen molar-refractivity contribution in [1.82, 2.24) is 0 Å². The number of hydrogen-bond donors (Lipinski definition) is 4. The van der Waals surface area contributed by atoms with E-state index in [0.717, 1.165) is 0 Å². The Morgan fingerprint density at radius 1 is 0.868 bits per heavy atom. The molecule has 14 heteroatoms. The Balaban J connectivity index is 0.000000212. The number of esters is 1. The number of aryl methyl sites for hydroxylation is 2. The summed E-state index contributed by atoms with van der Waals surface area (Å²) in [5, 5.41) is 19.5. The fourth-order valence-corrected chi connectivity index (χ4v) is 7.64. The molecule has 0 spiro atoms. The topological polar surface area (TPSA) is 217 Å². The lowest BCUT2D eigenvalue weighted by Gasteiger charge is -2.09. The Bertz CT molecular complexity index is 1540. The van der Waals surface area contributed by atoms with Gasteiger partial charge in [-0.3, -0.25) is 4.79 Å². The van der Waals surface area contributed by atoms with Gasteiger partial charge in [-0.1, -0.05) is 26.0 Å². The van der Waals surface area contributed by atoms with Gasteiger partial charge >= 0.3 is 5.97 Å². The summed E-state index contributed by atoms with van der Waals surface area (Å²) >= 11 is 0. The summed E-state index contributed by atoms with van der Waals surface area (Å²) < 4.78 is 52.1. The predicted octanol–water partition coefficient (Wildman–Crippen LogP) is 0.340. The van der Waals surface area contributed by atoms with Crippen molar-refractivity contribution in [3.8, 4) is 0 Å². The van der Waals surface area contributed by atoms with Gasteiger partial charge in [0, 0.05) is 16.7 Å². The number of aliphatic hydroxyl groups excluding tert-OH is 2. The molecule has 2 aromatic rings. The van der Waals surface area contributed by atoms with E-state index in [-0.39, 0.29) is 38.4 Å². The fraction of sp³-hybridized carbons (Fsp3) is 0.375. The van der Waals surface area contributed by atoms with Crippen LogP contribution in [0, 0.1) is 0 Å². The molecule has 0 radical (unpaired) electrons. The van der Waals surface area contributed by atoms with Crippen molar-refractivity contribution in [2.75, 3.05) is 18.6 Å². The average molecular weight is 568 g/mol. The average Bonchev–Trinajstić information content (AvgIpc) is 3.22. The number of carbonyl (C=O) groups excluding carboxylic acids is 2. The first-order valence-corrected chi connectivity index (χ1v) is 14.8. The smallest absolute Gasteiger partial charge is 0.338 e. The first-order valence-electron chi connectivity index (χ1n) is 11.5. The third-order valence-corrected chi connectivity index (χ3v) is 9.80. The van der Waals surface area contributed by atoms with Crippen LogP contribution in [0.15, 0.2) is 39.0 Å². The first kappa shape index (κ1) is 29.2. The van der Waals surface area contributed by atoms with Crippen molar-refractivity contribution in [2.45, 2.75) is 48.7 Å². The molecule has 0 bridgehead atoms. The van der Waals surface area contributed by atoms with Crippen molar-refractivity contribution in [3.63, 3.8) is 0 Å². The van der Waals surface area contributed by atoms with Gasteiger partial charge in [-0.25, -0.2) is 21.6 Å². The summed E-state index contributed by atoms with van der Waals surface area (Å²) in [6.07, 6.45) is -1.03. The van der Waals surface area contributed by atoms with Gasteiger partial charge < -0.3 is 26.4 Å². The van der Waals surface area contributed by atoms with Crippen molar-refractivity contribution < 1.29 is 41.4 Å². The van der Waals surface area contributed by atoms with E-state index in [2.05, 4.69) is 9.73 Å². The van der Waals surface area contributed by atoms with Gasteiger partial charge in [-0.05, 0) is 36.1 Å². The zero-order chi connectivity index (χ0) is 28.6. The third kappa shape index (κ3) is 5.57. The number of aliphatic imine (C=N–C) groups is 1. The van der Waals surface area contributed by atoms with Crippen molar-refractivity contribution in [2.24, 2.45) is 16.5 Å². The summed E-state index contributed by atoms with van der Waals surface area (Å²) in [5.41, 5.74) is 12.7. The molecule has 2 aromatic carbocycles. The predicted molar refractivity (Wildman–Crippen MR) is 137 cm³/mol. The van der Waals surface area contributed by atoms with Crippen LogP contribution in [-0.2, 0) is 37.3 Å². The van der Waals surface area contributed by atoms with Crippen molar-refractivity contribution in [3.05, 3.63) is 57.6 Å². The van der Waals surface area contributed by atoms with Crippen LogP contribution < -0.4 is 11.5 Å². The van der Waals surface area contributed by atoms with E-state index >= 15 is 0 Å². The maximum Gasteiger partial charge on any atom is 0.338 e. The largest absolute Gasteiger partial charge is 0.465 e. The molecule has 6 N–H and O–H groups in total. The van der Waals surface area contributed by atoms with E-state index in [1.807, 2.05) is 13.8 Å². The van der Waals surface area contributed by atoms with E-state index in [1.54, 1.807) is 6.07 Å². The fourth-order valence-electron chi connectivity index (χ4n) is 4.38. The third-order valence-electron chi connectivity index (χ3n) is 6.24. The molecule has 38 heavy (non-hydrogen) atoms. The van der Waals surface area contributed by atoms with Gasteiger partial charge in [-0.15, -0.1) is 0 Å². The van der Waals surface area contributed by atoms with Crippen LogP contribution in [0.2, 0.25) is 0 Å². The summed E-state index contributed by atoms with van der Waals surface area (Å²) in [7, 11) is -5.83.